The van der Waals surface area contributed by atoms with Crippen LogP contribution in [0.4, 0.5) is 0 Å². The number of rotatable bonds is 2. The molecule has 84 valence electrons. The standard InChI is InChI=1S/C8H9N5O3/c1-2-15-5(3-14-1)8-11-7(13-16-8)6-9-4-10-12-6/h4-5H,1-3H2,(H,9,10,12). The molecule has 2 aromatic rings. The van der Waals surface area contributed by atoms with E-state index in [2.05, 4.69) is 25.3 Å². The number of H-pyrrole nitrogens is 1. The SMILES string of the molecule is c1n[nH]c(-c2noc(C3COCCO3)n2)n1. The van der Waals surface area contributed by atoms with Crippen molar-refractivity contribution in [3.05, 3.63) is 12.2 Å². The summed E-state index contributed by atoms with van der Waals surface area (Å²) in [5.41, 5.74) is 0. The molecule has 1 saturated heterocycles. The molecule has 1 N–H and O–H groups in total. The van der Waals surface area contributed by atoms with E-state index in [1.807, 2.05) is 0 Å². The molecule has 3 rings (SSSR count). The lowest BCUT2D eigenvalue weighted by Gasteiger charge is -2.19. The normalized spacial score (nSPS) is 21.1. The van der Waals surface area contributed by atoms with Crippen molar-refractivity contribution < 1.29 is 14.0 Å². The third-order valence-electron chi connectivity index (χ3n) is 2.16. The van der Waals surface area contributed by atoms with Crippen LogP contribution < -0.4 is 0 Å². The number of nitrogens with one attached hydrogen (secondary N) is 1. The fraction of sp³-hybridized carbons (Fsp3) is 0.500. The number of nitrogens with zero attached hydrogens (tertiary/aromatic N) is 4. The maximum atomic E-state index is 5.43. The van der Waals surface area contributed by atoms with E-state index >= 15 is 0 Å². The van der Waals surface area contributed by atoms with Crippen LogP contribution in [0.15, 0.2) is 10.9 Å². The van der Waals surface area contributed by atoms with Gasteiger partial charge in [-0.2, -0.15) is 10.1 Å². The smallest absolute Gasteiger partial charge is 0.258 e. The molecule has 1 aliphatic heterocycles. The first-order valence-corrected chi connectivity index (χ1v) is 4.82. The molecule has 0 radical (unpaired) electrons. The van der Waals surface area contributed by atoms with Crippen LogP contribution in [0.25, 0.3) is 11.6 Å². The van der Waals surface area contributed by atoms with Gasteiger partial charge < -0.3 is 14.0 Å². The Morgan fingerprint density at radius 3 is 3.12 bits per heavy atom. The van der Waals surface area contributed by atoms with Crippen LogP contribution in [-0.2, 0) is 9.47 Å². The van der Waals surface area contributed by atoms with Crippen LogP contribution in [0.5, 0.6) is 0 Å². The van der Waals surface area contributed by atoms with E-state index in [1.165, 1.54) is 6.33 Å². The van der Waals surface area contributed by atoms with Crippen molar-refractivity contribution in [3.63, 3.8) is 0 Å². The fourth-order valence-electron chi connectivity index (χ4n) is 1.41. The van der Waals surface area contributed by atoms with Crippen LogP contribution in [0.3, 0.4) is 0 Å². The Bertz CT molecular complexity index is 448. The lowest BCUT2D eigenvalue weighted by molar-refractivity contribution is -0.101. The summed E-state index contributed by atoms with van der Waals surface area (Å²) in [5.74, 6) is 1.22. The molecule has 0 amide bonds. The number of hydrogen-bond acceptors (Lipinski definition) is 7. The van der Waals surface area contributed by atoms with Gasteiger partial charge in [-0.15, -0.1) is 0 Å². The number of ether oxygens (including phenoxy) is 2. The molecule has 0 spiro atoms. The van der Waals surface area contributed by atoms with Gasteiger partial charge in [-0.25, -0.2) is 4.98 Å². The molecule has 1 aliphatic rings. The Hall–Kier alpha value is -1.80. The quantitative estimate of drug-likeness (QED) is 0.761. The first-order valence-electron chi connectivity index (χ1n) is 4.82. The molecule has 3 heterocycles. The minimum Gasteiger partial charge on any atom is -0.376 e. The molecular formula is C8H9N5O3. The van der Waals surface area contributed by atoms with Crippen LogP contribution in [0, 0.1) is 0 Å². The van der Waals surface area contributed by atoms with Crippen molar-refractivity contribution in [3.8, 4) is 11.6 Å². The van der Waals surface area contributed by atoms with Gasteiger partial charge in [-0.1, -0.05) is 5.16 Å². The van der Waals surface area contributed by atoms with Gasteiger partial charge in [0, 0.05) is 0 Å². The Morgan fingerprint density at radius 1 is 1.38 bits per heavy atom. The van der Waals surface area contributed by atoms with E-state index < -0.39 is 0 Å². The zero-order valence-electron chi connectivity index (χ0n) is 8.29. The molecule has 1 atom stereocenters. The molecule has 16 heavy (non-hydrogen) atoms. The predicted molar refractivity (Wildman–Crippen MR) is 49.2 cm³/mol. The van der Waals surface area contributed by atoms with Crippen molar-refractivity contribution in [1.82, 2.24) is 25.3 Å². The van der Waals surface area contributed by atoms with E-state index in [1.54, 1.807) is 0 Å². The summed E-state index contributed by atoms with van der Waals surface area (Å²) in [6.07, 6.45) is 1.09. The highest BCUT2D eigenvalue weighted by atomic mass is 16.6. The minimum absolute atomic E-state index is 0.294. The van der Waals surface area contributed by atoms with Crippen molar-refractivity contribution in [2.24, 2.45) is 0 Å². The van der Waals surface area contributed by atoms with Gasteiger partial charge in [-0.05, 0) is 0 Å². The van der Waals surface area contributed by atoms with Gasteiger partial charge in [-0.3, -0.25) is 5.10 Å². The Balaban J connectivity index is 1.82. The summed E-state index contributed by atoms with van der Waals surface area (Å²) < 4.78 is 15.7. The second kappa shape index (κ2) is 3.99. The summed E-state index contributed by atoms with van der Waals surface area (Å²) in [5, 5.41) is 10.1. The molecule has 0 bridgehead atoms. The van der Waals surface area contributed by atoms with Crippen molar-refractivity contribution in [1.29, 1.82) is 0 Å². The topological polar surface area (TPSA) is 99.0 Å². The van der Waals surface area contributed by atoms with Gasteiger partial charge in [0.25, 0.3) is 5.89 Å². The molecule has 2 aromatic heterocycles. The summed E-state index contributed by atoms with van der Waals surface area (Å²) in [4.78, 5) is 8.08. The van der Waals surface area contributed by atoms with Gasteiger partial charge in [0.1, 0.15) is 6.33 Å². The number of aromatic nitrogens is 5. The maximum Gasteiger partial charge on any atom is 0.258 e. The van der Waals surface area contributed by atoms with Gasteiger partial charge in [0.2, 0.25) is 5.82 Å². The maximum absolute atomic E-state index is 5.43. The van der Waals surface area contributed by atoms with E-state index in [9.17, 15) is 0 Å². The summed E-state index contributed by atoms with van der Waals surface area (Å²) in [7, 11) is 0. The van der Waals surface area contributed by atoms with Crippen molar-refractivity contribution >= 4 is 0 Å². The average Bonchev–Trinajstić information content (AvgIpc) is 3.01. The summed E-state index contributed by atoms with van der Waals surface area (Å²) in [6.45, 7) is 1.56. The minimum atomic E-state index is -0.294. The molecule has 8 heteroatoms. The third-order valence-corrected chi connectivity index (χ3v) is 2.16. The summed E-state index contributed by atoms with van der Waals surface area (Å²) in [6, 6.07) is 0. The zero-order valence-corrected chi connectivity index (χ0v) is 8.29. The second-order valence-corrected chi connectivity index (χ2v) is 3.22. The lowest BCUT2D eigenvalue weighted by atomic mass is 10.3. The zero-order chi connectivity index (χ0) is 10.8. The van der Waals surface area contributed by atoms with Crippen molar-refractivity contribution in [2.45, 2.75) is 6.10 Å². The first-order chi connectivity index (χ1) is 7.93. The van der Waals surface area contributed by atoms with Gasteiger partial charge in [0.15, 0.2) is 11.9 Å². The fourth-order valence-corrected chi connectivity index (χ4v) is 1.41. The first kappa shape index (κ1) is 9.43. The molecule has 0 aromatic carbocycles. The van der Waals surface area contributed by atoms with Crippen molar-refractivity contribution in [2.75, 3.05) is 19.8 Å². The molecular weight excluding hydrogens is 214 g/mol. The lowest BCUT2D eigenvalue weighted by Crippen LogP contribution is -2.22. The summed E-state index contributed by atoms with van der Waals surface area (Å²) >= 11 is 0. The Kier molecular flexibility index (Phi) is 2.35. The second-order valence-electron chi connectivity index (χ2n) is 3.22. The predicted octanol–water partition coefficient (Wildman–Crippen LogP) is -0.0574. The number of aromatic amines is 1. The van der Waals surface area contributed by atoms with E-state index in [0.29, 0.717) is 37.4 Å². The largest absolute Gasteiger partial charge is 0.376 e. The van der Waals surface area contributed by atoms with Crippen LogP contribution in [0.1, 0.15) is 12.0 Å². The van der Waals surface area contributed by atoms with E-state index in [-0.39, 0.29) is 6.10 Å². The molecule has 0 saturated carbocycles. The highest BCUT2D eigenvalue weighted by molar-refractivity contribution is 5.39. The highest BCUT2D eigenvalue weighted by Gasteiger charge is 2.23. The Labute approximate surface area is 90.0 Å². The molecule has 8 nitrogen and oxygen atoms in total. The van der Waals surface area contributed by atoms with Crippen LogP contribution >= 0.6 is 0 Å². The average molecular weight is 223 g/mol. The molecule has 1 unspecified atom stereocenters. The van der Waals surface area contributed by atoms with Crippen LogP contribution in [0.2, 0.25) is 0 Å². The molecule has 0 aliphatic carbocycles. The highest BCUT2D eigenvalue weighted by Crippen LogP contribution is 2.20. The van der Waals surface area contributed by atoms with Gasteiger partial charge >= 0.3 is 0 Å². The van der Waals surface area contributed by atoms with E-state index in [0.717, 1.165) is 0 Å². The van der Waals surface area contributed by atoms with Gasteiger partial charge in [0.05, 0.1) is 19.8 Å². The Morgan fingerprint density at radius 2 is 2.38 bits per heavy atom. The monoisotopic (exact) mass is 223 g/mol. The van der Waals surface area contributed by atoms with Crippen LogP contribution in [-0.4, -0.2) is 45.1 Å². The molecule has 1 fully saturated rings. The number of hydrogen-bond donors (Lipinski definition) is 1. The van der Waals surface area contributed by atoms with E-state index in [4.69, 9.17) is 14.0 Å². The third kappa shape index (κ3) is 1.68.